The summed E-state index contributed by atoms with van der Waals surface area (Å²) in [5, 5.41) is 16.3. The van der Waals surface area contributed by atoms with Gasteiger partial charge in [-0.15, -0.1) is 0 Å². The maximum absolute atomic E-state index is 12.5. The third-order valence-corrected chi connectivity index (χ3v) is 5.21. The van der Waals surface area contributed by atoms with Gasteiger partial charge in [0.05, 0.1) is 11.8 Å². The van der Waals surface area contributed by atoms with Gasteiger partial charge in [-0.1, -0.05) is 19.4 Å². The topological polar surface area (TPSA) is 126 Å². The highest BCUT2D eigenvalue weighted by atomic mass is 16.7. The van der Waals surface area contributed by atoms with E-state index in [0.29, 0.717) is 17.9 Å². The summed E-state index contributed by atoms with van der Waals surface area (Å²) in [7, 11) is 0. The molecule has 158 valence electrons. The lowest BCUT2D eigenvalue weighted by atomic mass is 9.98. The number of H-pyrrole nitrogens is 1. The number of rotatable bonds is 5. The Morgan fingerprint density at radius 1 is 1.30 bits per heavy atom. The van der Waals surface area contributed by atoms with Gasteiger partial charge in [0.2, 0.25) is 18.6 Å². The summed E-state index contributed by atoms with van der Waals surface area (Å²) in [5.74, 6) is 0.427. The standard InChI is InChI=1S/C20H22N4O6/c1-3-4-7-23-19(27)17(18(26)21-20(23)28)13-9-14(24(22-13)11(2)25)12-5-6-15-16(8-12)30-10-29-15/h5-6,8,14,27H,3-4,7,9-10H2,1-2H3,(H,21,26,28)/t14-/m0/s1. The molecule has 0 saturated heterocycles. The average Bonchev–Trinajstić information content (AvgIpc) is 3.34. The molecule has 0 unspecified atom stereocenters. The number of nitrogens with zero attached hydrogens (tertiary/aromatic N) is 3. The monoisotopic (exact) mass is 414 g/mol. The van der Waals surface area contributed by atoms with Gasteiger partial charge in [0.1, 0.15) is 5.56 Å². The van der Waals surface area contributed by atoms with Crippen molar-refractivity contribution in [1.29, 1.82) is 0 Å². The molecule has 0 aliphatic carbocycles. The van der Waals surface area contributed by atoms with Crippen molar-refractivity contribution in [2.75, 3.05) is 6.79 Å². The number of aromatic amines is 1. The molecule has 1 atom stereocenters. The minimum Gasteiger partial charge on any atom is -0.494 e. The third kappa shape index (κ3) is 3.34. The van der Waals surface area contributed by atoms with E-state index in [2.05, 4.69) is 10.1 Å². The second-order valence-corrected chi connectivity index (χ2v) is 7.21. The summed E-state index contributed by atoms with van der Waals surface area (Å²) in [5.41, 5.74) is -0.525. The fraction of sp³-hybridized carbons (Fsp3) is 0.400. The smallest absolute Gasteiger partial charge is 0.331 e. The molecule has 1 aromatic heterocycles. The molecule has 0 bridgehead atoms. The number of hydrogen-bond acceptors (Lipinski definition) is 7. The molecule has 0 radical (unpaired) electrons. The zero-order valence-electron chi connectivity index (χ0n) is 16.7. The van der Waals surface area contributed by atoms with Crippen molar-refractivity contribution >= 4 is 11.6 Å². The van der Waals surface area contributed by atoms with E-state index in [4.69, 9.17) is 9.47 Å². The molecule has 2 N–H and O–H groups in total. The Bertz CT molecular complexity index is 1150. The number of benzene rings is 1. The number of aromatic hydroxyl groups is 1. The fourth-order valence-corrected chi connectivity index (χ4v) is 3.68. The quantitative estimate of drug-likeness (QED) is 0.763. The normalized spacial score (nSPS) is 17.3. The number of ether oxygens (including phenoxy) is 2. The number of carbonyl (C=O) groups excluding carboxylic acids is 1. The predicted molar refractivity (Wildman–Crippen MR) is 107 cm³/mol. The Hall–Kier alpha value is -3.56. The molecule has 2 aromatic rings. The van der Waals surface area contributed by atoms with Crippen LogP contribution in [-0.4, -0.2) is 38.1 Å². The third-order valence-electron chi connectivity index (χ3n) is 5.21. The first kappa shape index (κ1) is 19.7. The van der Waals surface area contributed by atoms with E-state index in [-0.39, 0.29) is 36.9 Å². The molecule has 2 aliphatic rings. The first-order chi connectivity index (χ1) is 14.4. The van der Waals surface area contributed by atoms with Crippen LogP contribution in [-0.2, 0) is 11.3 Å². The Balaban J connectivity index is 1.74. The van der Waals surface area contributed by atoms with Crippen LogP contribution in [0.15, 0.2) is 32.9 Å². The molecule has 2 aliphatic heterocycles. The zero-order chi connectivity index (χ0) is 21.4. The Labute approximate surface area is 171 Å². The Morgan fingerprint density at radius 2 is 2.07 bits per heavy atom. The largest absolute Gasteiger partial charge is 0.494 e. The molecule has 1 aromatic carbocycles. The van der Waals surface area contributed by atoms with Crippen LogP contribution < -0.4 is 20.7 Å². The van der Waals surface area contributed by atoms with E-state index < -0.39 is 23.2 Å². The van der Waals surface area contributed by atoms with Gasteiger partial charge in [0.25, 0.3) is 5.56 Å². The molecule has 10 nitrogen and oxygen atoms in total. The highest BCUT2D eigenvalue weighted by molar-refractivity contribution is 6.04. The maximum Gasteiger partial charge on any atom is 0.331 e. The zero-order valence-corrected chi connectivity index (χ0v) is 16.7. The van der Waals surface area contributed by atoms with Crippen LogP contribution >= 0.6 is 0 Å². The number of nitrogens with one attached hydrogen (secondary N) is 1. The summed E-state index contributed by atoms with van der Waals surface area (Å²) < 4.78 is 11.9. The summed E-state index contributed by atoms with van der Waals surface area (Å²) in [6, 6.07) is 4.84. The van der Waals surface area contributed by atoms with Gasteiger partial charge < -0.3 is 14.6 Å². The van der Waals surface area contributed by atoms with Crippen LogP contribution in [0.2, 0.25) is 0 Å². The average molecular weight is 414 g/mol. The van der Waals surface area contributed by atoms with Gasteiger partial charge in [-0.25, -0.2) is 9.80 Å². The number of hydrazone groups is 1. The van der Waals surface area contributed by atoms with E-state index in [1.807, 2.05) is 6.92 Å². The SMILES string of the molecule is CCCCn1c(O)c(C2=NN(C(C)=O)[C@H](c3ccc4c(c3)OCO4)C2)c(=O)[nH]c1=O. The van der Waals surface area contributed by atoms with E-state index in [9.17, 15) is 19.5 Å². The van der Waals surface area contributed by atoms with E-state index in [0.717, 1.165) is 16.6 Å². The minimum absolute atomic E-state index is 0.0970. The number of amides is 1. The molecule has 0 spiro atoms. The highest BCUT2D eigenvalue weighted by Gasteiger charge is 2.35. The number of aromatic nitrogens is 2. The molecule has 30 heavy (non-hydrogen) atoms. The van der Waals surface area contributed by atoms with Crippen LogP contribution in [0.4, 0.5) is 0 Å². The lowest BCUT2D eigenvalue weighted by Gasteiger charge is -2.20. The van der Waals surface area contributed by atoms with Gasteiger partial charge in [-0.2, -0.15) is 5.10 Å². The van der Waals surface area contributed by atoms with Crippen molar-refractivity contribution in [3.63, 3.8) is 0 Å². The van der Waals surface area contributed by atoms with Crippen LogP contribution in [0.1, 0.15) is 50.3 Å². The van der Waals surface area contributed by atoms with E-state index in [1.165, 1.54) is 11.9 Å². The Morgan fingerprint density at radius 3 is 2.80 bits per heavy atom. The lowest BCUT2D eigenvalue weighted by molar-refractivity contribution is -0.130. The highest BCUT2D eigenvalue weighted by Crippen LogP contribution is 2.39. The molecule has 0 fully saturated rings. The summed E-state index contributed by atoms with van der Waals surface area (Å²) in [4.78, 5) is 39.1. The number of fused-ring (bicyclic) bond motifs is 1. The van der Waals surface area contributed by atoms with Crippen molar-refractivity contribution in [2.24, 2.45) is 5.10 Å². The molecule has 10 heteroatoms. The summed E-state index contributed by atoms with van der Waals surface area (Å²) in [6.07, 6.45) is 1.66. The molecular weight excluding hydrogens is 392 g/mol. The molecule has 1 amide bonds. The van der Waals surface area contributed by atoms with Crippen molar-refractivity contribution < 1.29 is 19.4 Å². The predicted octanol–water partition coefficient (Wildman–Crippen LogP) is 1.47. The van der Waals surface area contributed by atoms with E-state index in [1.54, 1.807) is 18.2 Å². The number of hydrogen-bond donors (Lipinski definition) is 2. The molecule has 0 saturated carbocycles. The molecular formula is C20H22N4O6. The maximum atomic E-state index is 12.5. The van der Waals surface area contributed by atoms with Crippen LogP contribution in [0.5, 0.6) is 17.4 Å². The van der Waals surface area contributed by atoms with Gasteiger partial charge in [0.15, 0.2) is 11.5 Å². The summed E-state index contributed by atoms with van der Waals surface area (Å²) in [6.45, 7) is 3.72. The van der Waals surface area contributed by atoms with Crippen LogP contribution in [0, 0.1) is 0 Å². The van der Waals surface area contributed by atoms with Gasteiger partial charge in [-0.05, 0) is 24.1 Å². The first-order valence-corrected chi connectivity index (χ1v) is 9.74. The first-order valence-electron chi connectivity index (χ1n) is 9.74. The molecule has 4 rings (SSSR count). The number of carbonyl (C=O) groups is 1. The fourth-order valence-electron chi connectivity index (χ4n) is 3.68. The van der Waals surface area contributed by atoms with E-state index >= 15 is 0 Å². The van der Waals surface area contributed by atoms with Gasteiger partial charge >= 0.3 is 5.69 Å². The van der Waals surface area contributed by atoms with Crippen LogP contribution in [0.3, 0.4) is 0 Å². The van der Waals surface area contributed by atoms with Crippen molar-refractivity contribution in [2.45, 2.75) is 45.7 Å². The van der Waals surface area contributed by atoms with Gasteiger partial charge in [0, 0.05) is 19.9 Å². The van der Waals surface area contributed by atoms with Crippen LogP contribution in [0.25, 0.3) is 0 Å². The second-order valence-electron chi connectivity index (χ2n) is 7.21. The molecule has 3 heterocycles. The van der Waals surface area contributed by atoms with Crippen molar-refractivity contribution in [3.05, 3.63) is 50.2 Å². The number of unbranched alkanes of at least 4 members (excludes halogenated alkanes) is 1. The van der Waals surface area contributed by atoms with Crippen molar-refractivity contribution in [1.82, 2.24) is 14.6 Å². The second kappa shape index (κ2) is 7.69. The van der Waals surface area contributed by atoms with Gasteiger partial charge in [-0.3, -0.25) is 19.1 Å². The van der Waals surface area contributed by atoms with Crippen molar-refractivity contribution in [3.8, 4) is 17.4 Å². The lowest BCUT2D eigenvalue weighted by Crippen LogP contribution is -2.33. The minimum atomic E-state index is -0.737. The Kier molecular flexibility index (Phi) is 5.06. The summed E-state index contributed by atoms with van der Waals surface area (Å²) >= 11 is 0.